The molecule has 1 saturated carbocycles. The minimum atomic E-state index is -2.62. The number of hydrogen-bond acceptors (Lipinski definition) is 3. The van der Waals surface area contributed by atoms with Crippen LogP contribution in [0.2, 0.25) is 0 Å². The number of alkyl halides is 2. The number of benzene rings is 1. The third-order valence-electron chi connectivity index (χ3n) is 3.64. The molecule has 0 atom stereocenters. The highest BCUT2D eigenvalue weighted by Crippen LogP contribution is 2.50. The van der Waals surface area contributed by atoms with Crippen molar-refractivity contribution in [1.82, 2.24) is 0 Å². The molecule has 0 heterocycles. The van der Waals surface area contributed by atoms with Crippen molar-refractivity contribution in [3.05, 3.63) is 28.8 Å². The summed E-state index contributed by atoms with van der Waals surface area (Å²) in [7, 11) is 1.36. The summed E-state index contributed by atoms with van der Waals surface area (Å²) in [5, 5.41) is 0. The lowest BCUT2D eigenvalue weighted by molar-refractivity contribution is 0.145. The van der Waals surface area contributed by atoms with Crippen LogP contribution in [0.3, 0.4) is 0 Å². The zero-order valence-corrected chi connectivity index (χ0v) is 10.9. The van der Waals surface area contributed by atoms with Gasteiger partial charge in [-0.2, -0.15) is 4.99 Å². The van der Waals surface area contributed by atoms with Gasteiger partial charge in [0, 0.05) is 5.56 Å². The number of methoxy groups -OCH3 is 1. The van der Waals surface area contributed by atoms with Crippen LogP contribution in [-0.4, -0.2) is 13.2 Å². The Morgan fingerprint density at radius 3 is 2.53 bits per heavy atom. The number of nitrogens with zero attached hydrogens (tertiary/aromatic N) is 1. The molecule has 5 heteroatoms. The summed E-state index contributed by atoms with van der Waals surface area (Å²) in [5.41, 5.74) is 0.395. The Balaban J connectivity index is 2.65. The van der Waals surface area contributed by atoms with E-state index in [0.29, 0.717) is 24.0 Å². The van der Waals surface area contributed by atoms with Crippen LogP contribution in [0.4, 0.5) is 8.78 Å². The van der Waals surface area contributed by atoms with Crippen molar-refractivity contribution in [3.63, 3.8) is 0 Å². The normalized spacial score (nSPS) is 16.7. The fraction of sp³-hybridized carbons (Fsp3) is 0.500. The predicted octanol–water partition coefficient (Wildman–Crippen LogP) is 3.66. The maximum absolute atomic E-state index is 13.1. The molecule has 0 aromatic heterocycles. The van der Waals surface area contributed by atoms with Crippen molar-refractivity contribution in [3.8, 4) is 5.75 Å². The average molecular weight is 267 g/mol. The topological polar surface area (TPSA) is 38.7 Å². The summed E-state index contributed by atoms with van der Waals surface area (Å²) in [6, 6.07) is 3.18. The molecule has 0 radical (unpaired) electrons. The van der Waals surface area contributed by atoms with Crippen molar-refractivity contribution in [1.29, 1.82) is 0 Å². The minimum Gasteiger partial charge on any atom is -0.496 e. The zero-order valence-electron chi connectivity index (χ0n) is 10.9. The number of ether oxygens (including phenoxy) is 1. The Hall–Kier alpha value is -1.74. The van der Waals surface area contributed by atoms with E-state index in [4.69, 9.17) is 4.74 Å². The Labute approximate surface area is 110 Å². The molecule has 3 nitrogen and oxygen atoms in total. The molecule has 1 aliphatic carbocycles. The summed E-state index contributed by atoms with van der Waals surface area (Å²) < 4.78 is 31.3. The maximum atomic E-state index is 13.1. The molecular weight excluding hydrogens is 252 g/mol. The standard InChI is InChI=1S/C14H15F2NO2/c1-9-6-10(13(15)16)12(19-2)11(7-9)14(17-8-18)4-3-5-14/h6-7,13H,3-5H2,1-2H3. The van der Waals surface area contributed by atoms with E-state index < -0.39 is 12.0 Å². The van der Waals surface area contributed by atoms with E-state index in [1.54, 1.807) is 19.1 Å². The fourth-order valence-electron chi connectivity index (χ4n) is 2.58. The fourth-order valence-corrected chi connectivity index (χ4v) is 2.58. The lowest BCUT2D eigenvalue weighted by Gasteiger charge is -2.38. The van der Waals surface area contributed by atoms with Crippen LogP contribution in [0.1, 0.15) is 42.4 Å². The van der Waals surface area contributed by atoms with Crippen molar-refractivity contribution >= 4 is 6.08 Å². The van der Waals surface area contributed by atoms with Crippen LogP contribution in [-0.2, 0) is 10.3 Å². The smallest absolute Gasteiger partial charge is 0.267 e. The number of rotatable bonds is 4. The molecular formula is C14H15F2NO2. The average Bonchev–Trinajstić information content (AvgIpc) is 2.32. The van der Waals surface area contributed by atoms with E-state index in [9.17, 15) is 13.6 Å². The predicted molar refractivity (Wildman–Crippen MR) is 66.3 cm³/mol. The van der Waals surface area contributed by atoms with Gasteiger partial charge in [-0.15, -0.1) is 0 Å². The van der Waals surface area contributed by atoms with Crippen LogP contribution < -0.4 is 4.74 Å². The second-order valence-electron chi connectivity index (χ2n) is 4.82. The first kappa shape index (κ1) is 13.7. The molecule has 0 spiro atoms. The Morgan fingerprint density at radius 2 is 2.11 bits per heavy atom. The lowest BCUT2D eigenvalue weighted by atomic mass is 9.71. The van der Waals surface area contributed by atoms with Crippen molar-refractivity contribution in [2.45, 2.75) is 38.2 Å². The van der Waals surface area contributed by atoms with E-state index in [0.717, 1.165) is 6.42 Å². The summed E-state index contributed by atoms with van der Waals surface area (Å²) in [5.74, 6) is 0.138. The summed E-state index contributed by atoms with van der Waals surface area (Å²) >= 11 is 0. The second kappa shape index (κ2) is 5.10. The molecule has 1 fully saturated rings. The summed E-state index contributed by atoms with van der Waals surface area (Å²) in [6.45, 7) is 1.74. The SMILES string of the molecule is COc1c(C(F)F)cc(C)cc1C1(N=C=O)CCC1. The Morgan fingerprint density at radius 1 is 1.42 bits per heavy atom. The first-order valence-electron chi connectivity index (χ1n) is 6.10. The zero-order chi connectivity index (χ0) is 14.0. The number of isocyanates is 1. The number of halogens is 2. The number of aryl methyl sites for hydroxylation is 1. The van der Waals surface area contributed by atoms with Crippen LogP contribution in [0, 0.1) is 6.92 Å². The van der Waals surface area contributed by atoms with Crippen LogP contribution in [0.25, 0.3) is 0 Å². The van der Waals surface area contributed by atoms with Crippen LogP contribution in [0.5, 0.6) is 5.75 Å². The molecule has 1 aromatic carbocycles. The lowest BCUT2D eigenvalue weighted by Crippen LogP contribution is -2.32. The van der Waals surface area contributed by atoms with E-state index in [-0.39, 0.29) is 11.3 Å². The molecule has 19 heavy (non-hydrogen) atoms. The largest absolute Gasteiger partial charge is 0.496 e. The van der Waals surface area contributed by atoms with E-state index in [1.807, 2.05) is 0 Å². The van der Waals surface area contributed by atoms with Gasteiger partial charge in [0.25, 0.3) is 6.43 Å². The molecule has 0 bridgehead atoms. The minimum absolute atomic E-state index is 0.138. The maximum Gasteiger partial charge on any atom is 0.267 e. The van der Waals surface area contributed by atoms with Gasteiger partial charge in [-0.05, 0) is 38.3 Å². The van der Waals surface area contributed by atoms with Crippen LogP contribution >= 0.6 is 0 Å². The second-order valence-corrected chi connectivity index (χ2v) is 4.82. The third-order valence-corrected chi connectivity index (χ3v) is 3.64. The van der Waals surface area contributed by atoms with Gasteiger partial charge in [0.2, 0.25) is 6.08 Å². The third kappa shape index (κ3) is 2.26. The number of carbonyl (C=O) groups excluding carboxylic acids is 1. The molecule has 102 valence electrons. The molecule has 0 aliphatic heterocycles. The molecule has 1 aliphatic rings. The highest BCUT2D eigenvalue weighted by Gasteiger charge is 2.42. The first-order chi connectivity index (χ1) is 9.04. The molecule has 0 unspecified atom stereocenters. The van der Waals surface area contributed by atoms with Crippen LogP contribution in [0.15, 0.2) is 17.1 Å². The molecule has 0 N–H and O–H groups in total. The Kier molecular flexibility index (Phi) is 3.67. The molecule has 0 amide bonds. The highest BCUT2D eigenvalue weighted by molar-refractivity contribution is 5.51. The number of hydrogen-bond donors (Lipinski definition) is 0. The monoisotopic (exact) mass is 267 g/mol. The van der Waals surface area contributed by atoms with Crippen molar-refractivity contribution < 1.29 is 18.3 Å². The first-order valence-corrected chi connectivity index (χ1v) is 6.10. The van der Waals surface area contributed by atoms with Gasteiger partial charge in [0.1, 0.15) is 11.3 Å². The van der Waals surface area contributed by atoms with E-state index >= 15 is 0 Å². The molecule has 1 aromatic rings. The van der Waals surface area contributed by atoms with Gasteiger partial charge in [-0.3, -0.25) is 0 Å². The van der Waals surface area contributed by atoms with E-state index in [2.05, 4.69) is 4.99 Å². The van der Waals surface area contributed by atoms with Gasteiger partial charge < -0.3 is 4.74 Å². The molecule has 0 saturated heterocycles. The summed E-state index contributed by atoms with van der Waals surface area (Å²) in [6.07, 6.45) is 1.16. The van der Waals surface area contributed by atoms with Gasteiger partial charge in [0.15, 0.2) is 0 Å². The molecule has 2 rings (SSSR count). The van der Waals surface area contributed by atoms with Gasteiger partial charge >= 0.3 is 0 Å². The highest BCUT2D eigenvalue weighted by atomic mass is 19.3. The van der Waals surface area contributed by atoms with Gasteiger partial charge in [0.05, 0.1) is 12.7 Å². The van der Waals surface area contributed by atoms with Gasteiger partial charge in [-0.25, -0.2) is 13.6 Å². The van der Waals surface area contributed by atoms with Gasteiger partial charge in [-0.1, -0.05) is 5.56 Å². The van der Waals surface area contributed by atoms with Crippen molar-refractivity contribution in [2.24, 2.45) is 4.99 Å². The Bertz CT molecular complexity index is 532. The van der Waals surface area contributed by atoms with Crippen molar-refractivity contribution in [2.75, 3.05) is 7.11 Å². The summed E-state index contributed by atoms with van der Waals surface area (Å²) in [4.78, 5) is 14.5. The number of aliphatic imine (C=N–C) groups is 1. The van der Waals surface area contributed by atoms with E-state index in [1.165, 1.54) is 13.2 Å². The quantitative estimate of drug-likeness (QED) is 0.617.